The van der Waals surface area contributed by atoms with E-state index >= 15 is 0 Å². The number of nitrogens with one attached hydrogen (secondary N) is 1. The van der Waals surface area contributed by atoms with E-state index in [-0.39, 0.29) is 17.9 Å². The van der Waals surface area contributed by atoms with Gasteiger partial charge in [0.05, 0.1) is 22.0 Å². The molecule has 4 rings (SSSR count). The summed E-state index contributed by atoms with van der Waals surface area (Å²) in [7, 11) is 1.53. The number of aromatic nitrogens is 2. The molecule has 0 radical (unpaired) electrons. The molecule has 1 unspecified atom stereocenters. The first-order valence-electron chi connectivity index (χ1n) is 11.2. The Bertz CT molecular complexity index is 1500. The Balaban J connectivity index is 1.75. The molecule has 0 spiro atoms. The number of nitro benzene ring substituents is 1. The minimum Gasteiger partial charge on any atom is -0.465 e. The van der Waals surface area contributed by atoms with E-state index in [1.54, 1.807) is 24.3 Å². The third kappa shape index (κ3) is 5.25. The van der Waals surface area contributed by atoms with Gasteiger partial charge in [0.25, 0.3) is 5.69 Å². The van der Waals surface area contributed by atoms with Crippen molar-refractivity contribution in [2.75, 3.05) is 18.4 Å². The highest BCUT2D eigenvalue weighted by molar-refractivity contribution is 5.92. The molecular weight excluding hydrogens is 495 g/mol. The molecule has 10 nitrogen and oxygen atoms in total. The number of nitrogens with zero attached hydrogens (tertiary/aromatic N) is 4. The van der Waals surface area contributed by atoms with Crippen molar-refractivity contribution in [1.82, 2.24) is 14.5 Å². The molecule has 1 aliphatic heterocycles. The number of fused-ring (bicyclic) bond motifs is 1. The Morgan fingerprint density at radius 2 is 1.97 bits per heavy atom. The van der Waals surface area contributed by atoms with Crippen LogP contribution in [0.5, 0.6) is 0 Å². The SMILES string of the molecule is CC(Nc1nc(=O)n(C)c2ccc(C3=CCN(C(=O)O)CC3)cc12)c1cc([N+](=O)[O-])cc(C(F)(F)F)c1. The second-order valence-corrected chi connectivity index (χ2v) is 8.68. The average Bonchev–Trinajstić information content (AvgIpc) is 2.86. The van der Waals surface area contributed by atoms with Crippen LogP contribution in [0.3, 0.4) is 0 Å². The molecule has 0 saturated carbocycles. The normalized spacial score (nSPS) is 14.8. The van der Waals surface area contributed by atoms with Crippen LogP contribution in [-0.4, -0.2) is 43.7 Å². The average molecular weight is 517 g/mol. The number of rotatable bonds is 5. The minimum absolute atomic E-state index is 0.00272. The van der Waals surface area contributed by atoms with Crippen LogP contribution < -0.4 is 11.0 Å². The minimum atomic E-state index is -4.78. The molecule has 1 aliphatic rings. The molecule has 3 aromatic rings. The van der Waals surface area contributed by atoms with Gasteiger partial charge >= 0.3 is 18.0 Å². The van der Waals surface area contributed by atoms with Crippen LogP contribution in [-0.2, 0) is 13.2 Å². The van der Waals surface area contributed by atoms with E-state index in [0.717, 1.165) is 23.3 Å². The quantitative estimate of drug-likeness (QED) is 0.367. The number of benzene rings is 2. The van der Waals surface area contributed by atoms with Gasteiger partial charge in [-0.3, -0.25) is 14.7 Å². The summed E-state index contributed by atoms with van der Waals surface area (Å²) in [6.07, 6.45) is -3.52. The van der Waals surface area contributed by atoms with Gasteiger partial charge in [-0.15, -0.1) is 0 Å². The maximum atomic E-state index is 13.4. The number of carbonyl (C=O) groups is 1. The first-order chi connectivity index (χ1) is 17.3. The van der Waals surface area contributed by atoms with Crippen LogP contribution in [0.25, 0.3) is 16.5 Å². The summed E-state index contributed by atoms with van der Waals surface area (Å²) in [5.74, 6) is 0.107. The summed E-state index contributed by atoms with van der Waals surface area (Å²) in [4.78, 5) is 39.3. The van der Waals surface area contributed by atoms with E-state index in [2.05, 4.69) is 10.3 Å². The number of hydrogen-bond donors (Lipinski definition) is 2. The number of amides is 1. The molecule has 2 heterocycles. The van der Waals surface area contributed by atoms with E-state index in [1.165, 1.54) is 23.4 Å². The number of aryl methyl sites for hydroxylation is 1. The number of alkyl halides is 3. The third-order valence-corrected chi connectivity index (χ3v) is 6.29. The Labute approximate surface area is 207 Å². The topological polar surface area (TPSA) is 131 Å². The van der Waals surface area contributed by atoms with E-state index in [1.807, 2.05) is 0 Å². The van der Waals surface area contributed by atoms with Crippen LogP contribution >= 0.6 is 0 Å². The predicted octanol–water partition coefficient (Wildman–Crippen LogP) is 4.80. The van der Waals surface area contributed by atoms with Crippen molar-refractivity contribution in [3.05, 3.63) is 79.8 Å². The maximum absolute atomic E-state index is 13.4. The summed E-state index contributed by atoms with van der Waals surface area (Å²) in [5, 5.41) is 23.9. The largest absolute Gasteiger partial charge is 0.465 e. The van der Waals surface area contributed by atoms with Gasteiger partial charge in [0.2, 0.25) is 0 Å². The highest BCUT2D eigenvalue weighted by atomic mass is 19.4. The van der Waals surface area contributed by atoms with Crippen molar-refractivity contribution in [1.29, 1.82) is 0 Å². The Morgan fingerprint density at radius 1 is 1.24 bits per heavy atom. The number of halogens is 3. The van der Waals surface area contributed by atoms with Crippen molar-refractivity contribution in [3.63, 3.8) is 0 Å². The van der Waals surface area contributed by atoms with Crippen molar-refractivity contribution >= 4 is 34.1 Å². The molecule has 1 amide bonds. The molecular formula is C24H22F3N5O5. The molecule has 2 aromatic carbocycles. The number of hydrogen-bond acceptors (Lipinski definition) is 6. The zero-order valence-electron chi connectivity index (χ0n) is 19.7. The van der Waals surface area contributed by atoms with Gasteiger partial charge in [-0.1, -0.05) is 12.1 Å². The summed E-state index contributed by atoms with van der Waals surface area (Å²) >= 11 is 0. The molecule has 37 heavy (non-hydrogen) atoms. The van der Waals surface area contributed by atoms with Gasteiger partial charge in [0.1, 0.15) is 5.82 Å². The summed E-state index contributed by atoms with van der Waals surface area (Å²) in [5.41, 5.74) is -0.270. The lowest BCUT2D eigenvalue weighted by Crippen LogP contribution is -2.33. The van der Waals surface area contributed by atoms with Crippen molar-refractivity contribution < 1.29 is 28.0 Å². The lowest BCUT2D eigenvalue weighted by atomic mass is 9.98. The fourth-order valence-electron chi connectivity index (χ4n) is 4.21. The van der Waals surface area contributed by atoms with Gasteiger partial charge in [-0.2, -0.15) is 18.2 Å². The summed E-state index contributed by atoms with van der Waals surface area (Å²) in [6.45, 7) is 2.06. The van der Waals surface area contributed by atoms with Crippen molar-refractivity contribution in [3.8, 4) is 0 Å². The van der Waals surface area contributed by atoms with E-state index < -0.39 is 40.2 Å². The fourth-order valence-corrected chi connectivity index (χ4v) is 4.21. The smallest absolute Gasteiger partial charge is 0.416 e. The second-order valence-electron chi connectivity index (χ2n) is 8.68. The molecule has 13 heteroatoms. The van der Waals surface area contributed by atoms with Crippen LogP contribution in [0, 0.1) is 10.1 Å². The molecule has 1 atom stereocenters. The lowest BCUT2D eigenvalue weighted by Gasteiger charge is -2.24. The second kappa shape index (κ2) is 9.56. The highest BCUT2D eigenvalue weighted by Gasteiger charge is 2.33. The Kier molecular flexibility index (Phi) is 6.63. The van der Waals surface area contributed by atoms with Crippen LogP contribution in [0.1, 0.15) is 36.1 Å². The summed E-state index contributed by atoms with van der Waals surface area (Å²) < 4.78 is 41.4. The van der Waals surface area contributed by atoms with Gasteiger partial charge in [0, 0.05) is 37.7 Å². The predicted molar refractivity (Wildman–Crippen MR) is 129 cm³/mol. The third-order valence-electron chi connectivity index (χ3n) is 6.29. The molecule has 0 bridgehead atoms. The van der Waals surface area contributed by atoms with Crippen molar-refractivity contribution in [2.45, 2.75) is 25.6 Å². The number of carboxylic acid groups (broad SMARTS) is 1. The molecule has 1 aromatic heterocycles. The van der Waals surface area contributed by atoms with Crippen molar-refractivity contribution in [2.24, 2.45) is 7.05 Å². The standard InChI is InChI=1S/C24H22F3N5O5/c1-13(16-9-17(24(25,26)27)12-18(10-16)32(36)37)28-21-19-11-15(3-4-20(19)30(2)22(33)29-21)14-5-7-31(8-6-14)23(34)35/h3-5,9-13H,6-8H2,1-2H3,(H,34,35)(H,28,29,33). The van der Waals surface area contributed by atoms with E-state index in [4.69, 9.17) is 5.11 Å². The highest BCUT2D eigenvalue weighted by Crippen LogP contribution is 2.35. The van der Waals surface area contributed by atoms with Gasteiger partial charge in [-0.05, 0) is 48.2 Å². The molecule has 194 valence electrons. The zero-order valence-corrected chi connectivity index (χ0v) is 19.7. The molecule has 0 aliphatic carbocycles. The monoisotopic (exact) mass is 517 g/mol. The van der Waals surface area contributed by atoms with Crippen LogP contribution in [0.15, 0.2) is 47.3 Å². The van der Waals surface area contributed by atoms with Crippen LogP contribution in [0.4, 0.5) is 29.5 Å². The first kappa shape index (κ1) is 25.7. The molecule has 0 saturated heterocycles. The van der Waals surface area contributed by atoms with Crippen LogP contribution in [0.2, 0.25) is 0 Å². The van der Waals surface area contributed by atoms with Gasteiger partial charge < -0.3 is 15.3 Å². The van der Waals surface area contributed by atoms with E-state index in [9.17, 15) is 32.9 Å². The molecule has 2 N–H and O–H groups in total. The Morgan fingerprint density at radius 3 is 2.57 bits per heavy atom. The van der Waals surface area contributed by atoms with Gasteiger partial charge in [0.15, 0.2) is 0 Å². The lowest BCUT2D eigenvalue weighted by molar-refractivity contribution is -0.385. The fraction of sp³-hybridized carbons (Fsp3) is 0.292. The number of non-ortho nitro benzene ring substituents is 1. The zero-order chi connectivity index (χ0) is 27.1. The first-order valence-corrected chi connectivity index (χ1v) is 11.2. The van der Waals surface area contributed by atoms with E-state index in [0.29, 0.717) is 29.9 Å². The van der Waals surface area contributed by atoms with Gasteiger partial charge in [-0.25, -0.2) is 9.59 Å². The maximum Gasteiger partial charge on any atom is 0.416 e. The summed E-state index contributed by atoms with van der Waals surface area (Å²) in [6, 6.07) is 6.75. The number of nitro groups is 1. The number of anilines is 1. The Hall–Kier alpha value is -4.42. The molecule has 0 fully saturated rings.